The van der Waals surface area contributed by atoms with Crippen LogP contribution in [-0.2, 0) is 9.59 Å². The largest absolute Gasteiger partial charge is 0.326 e. The first-order chi connectivity index (χ1) is 5.18. The van der Waals surface area contributed by atoms with Crippen molar-refractivity contribution in [1.82, 2.24) is 4.90 Å². The van der Waals surface area contributed by atoms with Crippen LogP contribution in [0.2, 0.25) is 0 Å². The average Bonchev–Trinajstić information content (AvgIpc) is 2.54. The quantitative estimate of drug-likeness (QED) is 0.490. The molecule has 2 fully saturated rings. The number of nitrogens with zero attached hydrogens (tertiary/aromatic N) is 1. The van der Waals surface area contributed by atoms with Crippen molar-refractivity contribution in [2.75, 3.05) is 6.54 Å². The lowest BCUT2D eigenvalue weighted by atomic mass is 10.4. The van der Waals surface area contributed by atoms with Crippen LogP contribution in [0.15, 0.2) is 0 Å². The van der Waals surface area contributed by atoms with Crippen LogP contribution in [-0.4, -0.2) is 29.3 Å². The van der Waals surface area contributed by atoms with E-state index in [1.54, 1.807) is 6.92 Å². The Morgan fingerprint density at radius 1 is 1.36 bits per heavy atom. The third kappa shape index (κ3) is 0.625. The van der Waals surface area contributed by atoms with E-state index in [-0.39, 0.29) is 29.7 Å². The Labute approximate surface area is 64.3 Å². The van der Waals surface area contributed by atoms with Crippen LogP contribution in [0.5, 0.6) is 0 Å². The molecule has 1 heterocycles. The van der Waals surface area contributed by atoms with Crippen LogP contribution in [0.4, 0.5) is 0 Å². The van der Waals surface area contributed by atoms with E-state index in [0.29, 0.717) is 6.54 Å². The Bertz CT molecular complexity index is 217. The van der Waals surface area contributed by atoms with Crippen LogP contribution < -0.4 is 5.73 Å². The molecule has 0 aromatic carbocycles. The summed E-state index contributed by atoms with van der Waals surface area (Å²) in [5.74, 6) is -0.505. The molecule has 0 bridgehead atoms. The molecule has 0 radical (unpaired) electrons. The van der Waals surface area contributed by atoms with Gasteiger partial charge in [-0.3, -0.25) is 14.5 Å². The second-order valence-electron chi connectivity index (χ2n) is 3.05. The molecule has 2 aliphatic rings. The van der Waals surface area contributed by atoms with Gasteiger partial charge in [0.2, 0.25) is 11.8 Å². The lowest BCUT2D eigenvalue weighted by Gasteiger charge is -2.13. The summed E-state index contributed by atoms with van der Waals surface area (Å²) in [6, 6.07) is -0.183. The lowest BCUT2D eigenvalue weighted by molar-refractivity contribution is -0.141. The summed E-state index contributed by atoms with van der Waals surface area (Å²) >= 11 is 0. The average molecular weight is 154 g/mol. The van der Waals surface area contributed by atoms with Gasteiger partial charge in [-0.1, -0.05) is 0 Å². The van der Waals surface area contributed by atoms with Crippen molar-refractivity contribution >= 4 is 11.8 Å². The minimum atomic E-state index is -0.183. The summed E-state index contributed by atoms with van der Waals surface area (Å²) in [4.78, 5) is 23.7. The molecule has 4 nitrogen and oxygen atoms in total. The van der Waals surface area contributed by atoms with Crippen LogP contribution in [0, 0.1) is 11.8 Å². The van der Waals surface area contributed by atoms with E-state index in [9.17, 15) is 9.59 Å². The molecule has 60 valence electrons. The summed E-state index contributed by atoms with van der Waals surface area (Å²) in [6.45, 7) is 2.28. The van der Waals surface area contributed by atoms with Gasteiger partial charge < -0.3 is 5.73 Å². The van der Waals surface area contributed by atoms with E-state index in [0.717, 1.165) is 0 Å². The van der Waals surface area contributed by atoms with E-state index in [2.05, 4.69) is 0 Å². The molecule has 11 heavy (non-hydrogen) atoms. The molecule has 2 N–H and O–H groups in total. The van der Waals surface area contributed by atoms with Crippen molar-refractivity contribution < 1.29 is 9.59 Å². The van der Waals surface area contributed by atoms with Gasteiger partial charge in [0, 0.05) is 12.6 Å². The fourth-order valence-electron chi connectivity index (χ4n) is 1.75. The Kier molecular flexibility index (Phi) is 1.12. The van der Waals surface area contributed by atoms with Crippen LogP contribution in [0.25, 0.3) is 0 Å². The Hall–Kier alpha value is -0.900. The summed E-state index contributed by atoms with van der Waals surface area (Å²) in [7, 11) is 0. The summed E-state index contributed by atoms with van der Waals surface area (Å²) < 4.78 is 0. The molecule has 2 amide bonds. The number of likely N-dealkylation sites (tertiary alicyclic amines) is 1. The van der Waals surface area contributed by atoms with Crippen molar-refractivity contribution in [3.8, 4) is 0 Å². The van der Waals surface area contributed by atoms with Gasteiger partial charge in [-0.15, -0.1) is 0 Å². The maximum absolute atomic E-state index is 11.2. The number of fused-ring (bicyclic) bond motifs is 1. The minimum absolute atomic E-state index is 0.0741. The molecule has 1 aliphatic carbocycles. The first-order valence-electron chi connectivity index (χ1n) is 3.79. The van der Waals surface area contributed by atoms with Crippen molar-refractivity contribution in [1.29, 1.82) is 0 Å². The molecular weight excluding hydrogens is 144 g/mol. The highest BCUT2D eigenvalue weighted by atomic mass is 16.2. The third-order valence-electron chi connectivity index (χ3n) is 2.49. The highest BCUT2D eigenvalue weighted by molar-refractivity contribution is 6.10. The smallest absolute Gasteiger partial charge is 0.234 e. The van der Waals surface area contributed by atoms with E-state index < -0.39 is 0 Å². The van der Waals surface area contributed by atoms with Crippen molar-refractivity contribution in [3.63, 3.8) is 0 Å². The molecular formula is C7H10N2O2. The lowest BCUT2D eigenvalue weighted by Crippen LogP contribution is -2.36. The molecule has 2 atom stereocenters. The number of hydrogen-bond donors (Lipinski definition) is 1. The second-order valence-corrected chi connectivity index (χ2v) is 3.05. The number of carbonyl (C=O) groups excluding carboxylic acids is 2. The highest BCUT2D eigenvalue weighted by Gasteiger charge is 2.65. The van der Waals surface area contributed by atoms with Gasteiger partial charge in [-0.25, -0.2) is 0 Å². The molecule has 0 aromatic heterocycles. The molecule has 1 aliphatic heterocycles. The monoisotopic (exact) mass is 154 g/mol. The summed E-state index contributed by atoms with van der Waals surface area (Å²) in [6.07, 6.45) is 0. The number of rotatable bonds is 1. The molecule has 0 aromatic rings. The SMILES string of the molecule is CCN1C(=O)C2C(N)C2C1=O. The van der Waals surface area contributed by atoms with Gasteiger partial charge in [-0.2, -0.15) is 0 Å². The number of imide groups is 1. The molecule has 2 unspecified atom stereocenters. The standard InChI is InChI=1S/C7H10N2O2/c1-2-9-6(10)3-4(5(3)8)7(9)11/h3-5H,2,8H2,1H3. The Morgan fingerprint density at radius 3 is 2.18 bits per heavy atom. The molecule has 0 spiro atoms. The van der Waals surface area contributed by atoms with Crippen molar-refractivity contribution in [2.24, 2.45) is 17.6 Å². The molecule has 4 heteroatoms. The first kappa shape index (κ1) is 6.79. The minimum Gasteiger partial charge on any atom is -0.326 e. The topological polar surface area (TPSA) is 63.4 Å². The molecule has 1 saturated carbocycles. The normalized spacial score (nSPS) is 41.3. The van der Waals surface area contributed by atoms with Gasteiger partial charge >= 0.3 is 0 Å². The number of nitrogens with two attached hydrogens (primary N) is 1. The van der Waals surface area contributed by atoms with Gasteiger partial charge in [0.25, 0.3) is 0 Å². The third-order valence-corrected chi connectivity index (χ3v) is 2.49. The number of carbonyl (C=O) groups is 2. The van der Waals surface area contributed by atoms with E-state index >= 15 is 0 Å². The fourth-order valence-corrected chi connectivity index (χ4v) is 1.75. The second kappa shape index (κ2) is 1.82. The van der Waals surface area contributed by atoms with Crippen LogP contribution in [0.3, 0.4) is 0 Å². The highest BCUT2D eigenvalue weighted by Crippen LogP contribution is 2.45. The maximum atomic E-state index is 11.2. The van der Waals surface area contributed by atoms with Gasteiger partial charge in [0.05, 0.1) is 11.8 Å². The Morgan fingerprint density at radius 2 is 1.82 bits per heavy atom. The van der Waals surface area contributed by atoms with Crippen molar-refractivity contribution in [2.45, 2.75) is 13.0 Å². The van der Waals surface area contributed by atoms with Gasteiger partial charge in [0.15, 0.2) is 0 Å². The predicted molar refractivity (Wildman–Crippen MR) is 37.3 cm³/mol. The zero-order valence-electron chi connectivity index (χ0n) is 6.28. The van der Waals surface area contributed by atoms with Crippen LogP contribution >= 0.6 is 0 Å². The summed E-state index contributed by atoms with van der Waals surface area (Å²) in [5, 5.41) is 0. The fraction of sp³-hybridized carbons (Fsp3) is 0.714. The van der Waals surface area contributed by atoms with Crippen molar-refractivity contribution in [3.05, 3.63) is 0 Å². The predicted octanol–water partition coefficient (Wildman–Crippen LogP) is -1.05. The Balaban J connectivity index is 2.23. The van der Waals surface area contributed by atoms with E-state index in [1.165, 1.54) is 4.90 Å². The van der Waals surface area contributed by atoms with E-state index in [1.807, 2.05) is 0 Å². The maximum Gasteiger partial charge on any atom is 0.234 e. The summed E-state index contributed by atoms with van der Waals surface area (Å²) in [5.41, 5.74) is 5.50. The number of hydrogen-bond acceptors (Lipinski definition) is 3. The number of piperidine rings is 1. The molecule has 1 saturated heterocycles. The van der Waals surface area contributed by atoms with Gasteiger partial charge in [-0.05, 0) is 6.92 Å². The number of amides is 2. The van der Waals surface area contributed by atoms with E-state index in [4.69, 9.17) is 5.73 Å². The van der Waals surface area contributed by atoms with Crippen LogP contribution in [0.1, 0.15) is 6.92 Å². The molecule has 2 rings (SSSR count). The first-order valence-corrected chi connectivity index (χ1v) is 3.79. The zero-order valence-corrected chi connectivity index (χ0v) is 6.28. The zero-order chi connectivity index (χ0) is 8.17. The van der Waals surface area contributed by atoms with Gasteiger partial charge in [0.1, 0.15) is 0 Å².